The predicted molar refractivity (Wildman–Crippen MR) is 96.5 cm³/mol. The van der Waals surface area contributed by atoms with Crippen LogP contribution in [-0.4, -0.2) is 52.0 Å². The molecule has 0 aromatic carbocycles. The smallest absolute Gasteiger partial charge is 0.190 e. The molecule has 0 saturated carbocycles. The van der Waals surface area contributed by atoms with E-state index in [2.05, 4.69) is 40.1 Å². The van der Waals surface area contributed by atoms with Crippen LogP contribution in [0.2, 0.25) is 0 Å². The van der Waals surface area contributed by atoms with Crippen molar-refractivity contribution in [2.24, 2.45) is 4.99 Å². The van der Waals surface area contributed by atoms with Crippen molar-refractivity contribution in [2.75, 3.05) is 40.0 Å². The summed E-state index contributed by atoms with van der Waals surface area (Å²) >= 11 is 1.80. The second-order valence-electron chi connectivity index (χ2n) is 5.86. The minimum absolute atomic E-state index is 0.316. The number of rotatable bonds is 9. The van der Waals surface area contributed by atoms with Crippen molar-refractivity contribution in [3.63, 3.8) is 0 Å². The van der Waals surface area contributed by atoms with E-state index in [4.69, 9.17) is 9.47 Å². The number of aliphatic imine (C=N–C) groups is 1. The van der Waals surface area contributed by atoms with Crippen LogP contribution in [0, 0.1) is 0 Å². The van der Waals surface area contributed by atoms with Gasteiger partial charge in [0.05, 0.1) is 12.7 Å². The molecule has 1 aromatic rings. The van der Waals surface area contributed by atoms with Gasteiger partial charge in [0.1, 0.15) is 0 Å². The maximum absolute atomic E-state index is 5.66. The molecule has 0 radical (unpaired) electrons. The zero-order chi connectivity index (χ0) is 16.3. The third kappa shape index (κ3) is 6.89. The van der Waals surface area contributed by atoms with Gasteiger partial charge in [0.2, 0.25) is 0 Å². The third-order valence-electron chi connectivity index (χ3n) is 3.91. The van der Waals surface area contributed by atoms with E-state index in [1.165, 1.54) is 11.3 Å². The number of guanidine groups is 1. The van der Waals surface area contributed by atoms with Gasteiger partial charge in [0, 0.05) is 44.1 Å². The van der Waals surface area contributed by atoms with Crippen LogP contribution in [0.3, 0.4) is 0 Å². The Morgan fingerprint density at radius 3 is 3.13 bits per heavy atom. The first-order valence-electron chi connectivity index (χ1n) is 8.47. The second-order valence-corrected chi connectivity index (χ2v) is 6.84. The molecular weight excluding hydrogens is 310 g/mol. The van der Waals surface area contributed by atoms with Crippen molar-refractivity contribution in [1.82, 2.24) is 10.6 Å². The van der Waals surface area contributed by atoms with Gasteiger partial charge >= 0.3 is 0 Å². The summed E-state index contributed by atoms with van der Waals surface area (Å²) in [5.74, 6) is 1.34. The molecule has 0 aliphatic carbocycles. The van der Waals surface area contributed by atoms with Gasteiger partial charge in [-0.25, -0.2) is 0 Å². The molecule has 2 unspecified atom stereocenters. The SMILES string of the molecule is CN=C(NCCCOCC1CCCO1)NCC(C)c1cccs1. The highest BCUT2D eigenvalue weighted by atomic mass is 32.1. The van der Waals surface area contributed by atoms with E-state index in [9.17, 15) is 0 Å². The lowest BCUT2D eigenvalue weighted by molar-refractivity contribution is 0.0168. The van der Waals surface area contributed by atoms with E-state index in [0.717, 1.165) is 51.7 Å². The molecule has 1 saturated heterocycles. The molecule has 2 rings (SSSR count). The highest BCUT2D eigenvalue weighted by Crippen LogP contribution is 2.19. The van der Waals surface area contributed by atoms with Gasteiger partial charge in [-0.1, -0.05) is 13.0 Å². The van der Waals surface area contributed by atoms with Crippen molar-refractivity contribution < 1.29 is 9.47 Å². The Labute approximate surface area is 143 Å². The van der Waals surface area contributed by atoms with Crippen LogP contribution in [0.25, 0.3) is 0 Å². The molecule has 2 N–H and O–H groups in total. The van der Waals surface area contributed by atoms with Crippen LogP contribution in [0.1, 0.15) is 37.0 Å². The van der Waals surface area contributed by atoms with Crippen LogP contribution < -0.4 is 10.6 Å². The topological polar surface area (TPSA) is 54.9 Å². The average Bonchev–Trinajstić information content (AvgIpc) is 3.26. The number of hydrogen-bond acceptors (Lipinski definition) is 4. The van der Waals surface area contributed by atoms with Crippen LogP contribution in [-0.2, 0) is 9.47 Å². The Bertz CT molecular complexity index is 445. The van der Waals surface area contributed by atoms with Crippen molar-refractivity contribution in [3.8, 4) is 0 Å². The normalized spacial score (nSPS) is 19.7. The third-order valence-corrected chi connectivity index (χ3v) is 5.02. The Hall–Kier alpha value is -1.11. The Morgan fingerprint density at radius 2 is 2.43 bits per heavy atom. The van der Waals surface area contributed by atoms with Gasteiger partial charge in [-0.2, -0.15) is 0 Å². The summed E-state index contributed by atoms with van der Waals surface area (Å²) in [7, 11) is 1.80. The predicted octanol–water partition coefficient (Wildman–Crippen LogP) is 2.60. The quantitative estimate of drug-likeness (QED) is 0.412. The summed E-state index contributed by atoms with van der Waals surface area (Å²) in [4.78, 5) is 5.66. The summed E-state index contributed by atoms with van der Waals surface area (Å²) in [6, 6.07) is 4.28. The van der Waals surface area contributed by atoms with Crippen molar-refractivity contribution in [1.29, 1.82) is 0 Å². The van der Waals surface area contributed by atoms with Gasteiger partial charge in [0.25, 0.3) is 0 Å². The highest BCUT2D eigenvalue weighted by molar-refractivity contribution is 7.10. The minimum atomic E-state index is 0.316. The van der Waals surface area contributed by atoms with E-state index in [0.29, 0.717) is 12.0 Å². The molecule has 0 bridgehead atoms. The molecular formula is C17H29N3O2S. The number of nitrogens with one attached hydrogen (secondary N) is 2. The Balaban J connectivity index is 1.51. The molecule has 2 atom stereocenters. The van der Waals surface area contributed by atoms with Crippen molar-refractivity contribution in [3.05, 3.63) is 22.4 Å². The van der Waals surface area contributed by atoms with Crippen LogP contribution in [0.15, 0.2) is 22.5 Å². The zero-order valence-electron chi connectivity index (χ0n) is 14.2. The van der Waals surface area contributed by atoms with Crippen molar-refractivity contribution in [2.45, 2.75) is 38.2 Å². The van der Waals surface area contributed by atoms with Crippen LogP contribution in [0.4, 0.5) is 0 Å². The first-order chi connectivity index (χ1) is 11.3. The van der Waals surface area contributed by atoms with Crippen LogP contribution in [0.5, 0.6) is 0 Å². The fourth-order valence-corrected chi connectivity index (χ4v) is 3.30. The standard InChI is InChI=1S/C17H29N3O2S/c1-14(16-7-4-11-23-16)12-20-17(18-2)19-8-5-9-21-13-15-6-3-10-22-15/h4,7,11,14-15H,3,5-6,8-10,12-13H2,1-2H3,(H2,18,19,20). The van der Waals surface area contributed by atoms with Crippen LogP contribution >= 0.6 is 11.3 Å². The highest BCUT2D eigenvalue weighted by Gasteiger charge is 2.14. The molecule has 23 heavy (non-hydrogen) atoms. The molecule has 130 valence electrons. The first-order valence-corrected chi connectivity index (χ1v) is 9.35. The monoisotopic (exact) mass is 339 g/mol. The first kappa shape index (κ1) is 18.2. The van der Waals surface area contributed by atoms with Gasteiger partial charge in [-0.05, 0) is 30.7 Å². The maximum Gasteiger partial charge on any atom is 0.190 e. The van der Waals surface area contributed by atoms with Gasteiger partial charge in [0.15, 0.2) is 5.96 Å². The second kappa shape index (κ2) is 10.6. The Morgan fingerprint density at radius 1 is 1.52 bits per heavy atom. The van der Waals surface area contributed by atoms with E-state index in [-0.39, 0.29) is 0 Å². The van der Waals surface area contributed by atoms with E-state index in [1.807, 2.05) is 0 Å². The number of ether oxygens (including phenoxy) is 2. The molecule has 1 fully saturated rings. The zero-order valence-corrected chi connectivity index (χ0v) is 15.0. The van der Waals surface area contributed by atoms with Gasteiger partial charge in [-0.15, -0.1) is 11.3 Å². The summed E-state index contributed by atoms with van der Waals surface area (Å²) < 4.78 is 11.2. The average molecular weight is 340 g/mol. The summed E-state index contributed by atoms with van der Waals surface area (Å²) in [5, 5.41) is 8.83. The molecule has 1 aliphatic rings. The van der Waals surface area contributed by atoms with E-state index in [1.54, 1.807) is 18.4 Å². The van der Waals surface area contributed by atoms with Crippen molar-refractivity contribution >= 4 is 17.3 Å². The maximum atomic E-state index is 5.66. The minimum Gasteiger partial charge on any atom is -0.379 e. The summed E-state index contributed by atoms with van der Waals surface area (Å²) in [5.41, 5.74) is 0. The molecule has 5 nitrogen and oxygen atoms in total. The number of nitrogens with zero attached hydrogens (tertiary/aromatic N) is 1. The van der Waals surface area contributed by atoms with Gasteiger partial charge < -0.3 is 20.1 Å². The largest absolute Gasteiger partial charge is 0.379 e. The molecule has 2 heterocycles. The molecule has 1 aromatic heterocycles. The number of thiophene rings is 1. The fourth-order valence-electron chi connectivity index (χ4n) is 2.51. The molecule has 0 amide bonds. The van der Waals surface area contributed by atoms with E-state index >= 15 is 0 Å². The summed E-state index contributed by atoms with van der Waals surface area (Å²) in [6.07, 6.45) is 3.59. The van der Waals surface area contributed by atoms with Gasteiger partial charge in [-0.3, -0.25) is 4.99 Å². The molecule has 0 spiro atoms. The number of hydrogen-bond donors (Lipinski definition) is 2. The lowest BCUT2D eigenvalue weighted by Crippen LogP contribution is -2.39. The molecule has 1 aliphatic heterocycles. The van der Waals surface area contributed by atoms with E-state index < -0.39 is 0 Å². The lowest BCUT2D eigenvalue weighted by Gasteiger charge is -2.15. The summed E-state index contributed by atoms with van der Waals surface area (Å²) in [6.45, 7) is 6.35. The Kier molecular flexibility index (Phi) is 8.42. The lowest BCUT2D eigenvalue weighted by atomic mass is 10.1. The molecule has 6 heteroatoms. The fraction of sp³-hybridized carbons (Fsp3) is 0.706.